The molecule has 0 saturated heterocycles. The zero-order valence-electron chi connectivity index (χ0n) is 35.7. The van der Waals surface area contributed by atoms with E-state index in [-0.39, 0.29) is 23.5 Å². The Bertz CT molecular complexity index is 3590. The molecule has 3 heterocycles. The summed E-state index contributed by atoms with van der Waals surface area (Å²) in [5.74, 6) is 0. The number of para-hydroxylation sites is 5. The topological polar surface area (TPSA) is 35.2 Å². The van der Waals surface area contributed by atoms with Gasteiger partial charge in [0, 0.05) is 50.5 Å². The highest BCUT2D eigenvalue weighted by atomic mass is 19.4. The number of anilines is 6. The van der Waals surface area contributed by atoms with Crippen molar-refractivity contribution < 1.29 is 26.3 Å². The quantitative estimate of drug-likeness (QED) is 0.128. The van der Waals surface area contributed by atoms with Crippen LogP contribution in [-0.4, -0.2) is 11.3 Å². The van der Waals surface area contributed by atoms with Crippen molar-refractivity contribution in [1.29, 1.82) is 5.26 Å². The molecule has 0 atom stereocenters. The Morgan fingerprint density at radius 1 is 0.426 bits per heavy atom. The minimum atomic E-state index is -4.98. The second kappa shape index (κ2) is 15.3. The van der Waals surface area contributed by atoms with Crippen molar-refractivity contribution in [3.8, 4) is 34.0 Å². The monoisotopic (exact) mass is 898 g/mol. The molecule has 1 aromatic heterocycles. The number of benzene rings is 9. The van der Waals surface area contributed by atoms with Gasteiger partial charge in [-0.3, -0.25) is 0 Å². The summed E-state index contributed by atoms with van der Waals surface area (Å²) >= 11 is 0. The molecular formula is C57H33BF6N4. The van der Waals surface area contributed by atoms with Crippen molar-refractivity contribution in [2.75, 3.05) is 9.80 Å². The predicted octanol–water partition coefficient (Wildman–Crippen LogP) is 14.1. The van der Waals surface area contributed by atoms with Crippen LogP contribution in [0.2, 0.25) is 0 Å². The fraction of sp³-hybridized carbons (Fsp3) is 0.0351. The third-order valence-electron chi connectivity index (χ3n) is 13.2. The molecule has 0 spiro atoms. The molecule has 11 heteroatoms. The van der Waals surface area contributed by atoms with Crippen LogP contribution in [0.5, 0.6) is 0 Å². The first-order chi connectivity index (χ1) is 33.0. The van der Waals surface area contributed by atoms with Gasteiger partial charge in [-0.05, 0) is 130 Å². The summed E-state index contributed by atoms with van der Waals surface area (Å²) in [7, 11) is 0. The Hall–Kier alpha value is -8.49. The highest BCUT2D eigenvalue weighted by molar-refractivity contribution is 7.00. The molecule has 0 N–H and O–H groups in total. The third-order valence-corrected chi connectivity index (χ3v) is 13.2. The van der Waals surface area contributed by atoms with Crippen molar-refractivity contribution in [2.24, 2.45) is 0 Å². The van der Waals surface area contributed by atoms with Gasteiger partial charge in [-0.15, -0.1) is 0 Å². The molecule has 0 fully saturated rings. The fourth-order valence-electron chi connectivity index (χ4n) is 10.4. The second-order valence-electron chi connectivity index (χ2n) is 17.0. The van der Waals surface area contributed by atoms with E-state index in [2.05, 4.69) is 101 Å². The molecular weight excluding hydrogens is 865 g/mol. The lowest BCUT2D eigenvalue weighted by atomic mass is 9.33. The Kier molecular flexibility index (Phi) is 9.22. The first-order valence-corrected chi connectivity index (χ1v) is 21.9. The molecule has 0 unspecified atom stereocenters. The van der Waals surface area contributed by atoms with Gasteiger partial charge in [0.15, 0.2) is 0 Å². The molecule has 0 aliphatic carbocycles. The zero-order chi connectivity index (χ0) is 46.5. The van der Waals surface area contributed by atoms with E-state index in [1.807, 2.05) is 66.7 Å². The summed E-state index contributed by atoms with van der Waals surface area (Å²) in [6.07, 6.45) is -9.83. The SMILES string of the molecule is N#Cc1ccc(-c2cc(C(F)(F)F)ccc2-n2c3ccccc3c3cc(-c4cc5c6c(c4)N(c4ccccc4)c4ccccc4B6c4ccccc4N5c4ccccc4)ccc32)c(C(F)(F)F)c1. The molecule has 326 valence electrons. The van der Waals surface area contributed by atoms with Crippen molar-refractivity contribution >= 4 is 79.0 Å². The number of alkyl halides is 6. The molecule has 9 aromatic carbocycles. The standard InChI is InChI=1S/C57H33BF6N4/c59-56(60,61)38-25-28-50(44(33-38)41-26-23-35(34-65)29-45(41)57(62,63)64)68-48-20-10-7-17-42(48)43-30-36(24-27-49(43)68)37-31-53-55-54(32-37)67(40-15-5-2-6-16-40)52-22-12-9-19-47(52)58(55)46-18-8-11-21-51(46)66(53)39-13-3-1-4-14-39/h1-33H. The molecule has 2 aliphatic heterocycles. The molecule has 0 bridgehead atoms. The summed E-state index contributed by atoms with van der Waals surface area (Å²) in [4.78, 5) is 4.64. The highest BCUT2D eigenvalue weighted by Crippen LogP contribution is 2.48. The summed E-state index contributed by atoms with van der Waals surface area (Å²) < 4.78 is 89.4. The second-order valence-corrected chi connectivity index (χ2v) is 17.0. The van der Waals surface area contributed by atoms with Crippen LogP contribution in [0.25, 0.3) is 49.7 Å². The van der Waals surface area contributed by atoms with Gasteiger partial charge in [-0.1, -0.05) is 103 Å². The lowest BCUT2D eigenvalue weighted by Crippen LogP contribution is -2.61. The van der Waals surface area contributed by atoms with Gasteiger partial charge in [0.2, 0.25) is 0 Å². The molecule has 0 amide bonds. The van der Waals surface area contributed by atoms with Crippen LogP contribution in [0.4, 0.5) is 60.5 Å². The first-order valence-electron chi connectivity index (χ1n) is 21.9. The molecule has 12 rings (SSSR count). The van der Waals surface area contributed by atoms with Gasteiger partial charge in [-0.25, -0.2) is 0 Å². The van der Waals surface area contributed by atoms with Crippen LogP contribution in [0.1, 0.15) is 16.7 Å². The van der Waals surface area contributed by atoms with Crippen LogP contribution in [0.3, 0.4) is 0 Å². The smallest absolute Gasteiger partial charge is 0.311 e. The summed E-state index contributed by atoms with van der Waals surface area (Å²) in [5, 5.41) is 11.0. The largest absolute Gasteiger partial charge is 0.417 e. The van der Waals surface area contributed by atoms with Gasteiger partial charge in [0.25, 0.3) is 6.71 Å². The van der Waals surface area contributed by atoms with Crippen LogP contribution < -0.4 is 26.2 Å². The molecule has 10 aromatic rings. The van der Waals surface area contributed by atoms with E-state index in [0.717, 1.165) is 79.7 Å². The minimum Gasteiger partial charge on any atom is -0.311 e. The average Bonchev–Trinajstić information content (AvgIpc) is 3.69. The van der Waals surface area contributed by atoms with E-state index in [9.17, 15) is 31.6 Å². The van der Waals surface area contributed by atoms with Crippen molar-refractivity contribution in [3.05, 3.63) is 217 Å². The molecule has 68 heavy (non-hydrogen) atoms. The molecule has 4 nitrogen and oxygen atoms in total. The van der Waals surface area contributed by atoms with Crippen LogP contribution in [0.15, 0.2) is 200 Å². The summed E-state index contributed by atoms with van der Waals surface area (Å²) in [6.45, 7) is -0.0891. The van der Waals surface area contributed by atoms with Crippen LogP contribution in [-0.2, 0) is 12.4 Å². The van der Waals surface area contributed by atoms with Gasteiger partial charge >= 0.3 is 12.4 Å². The first kappa shape index (κ1) is 41.0. The lowest BCUT2D eigenvalue weighted by Gasteiger charge is -2.44. The lowest BCUT2D eigenvalue weighted by molar-refractivity contribution is -0.137. The van der Waals surface area contributed by atoms with Gasteiger partial charge in [0.1, 0.15) is 0 Å². The van der Waals surface area contributed by atoms with Crippen LogP contribution in [0, 0.1) is 11.3 Å². The van der Waals surface area contributed by atoms with E-state index >= 15 is 0 Å². The predicted molar refractivity (Wildman–Crippen MR) is 260 cm³/mol. The number of aromatic nitrogens is 1. The average molecular weight is 899 g/mol. The molecule has 0 saturated carbocycles. The number of nitriles is 1. The fourth-order valence-corrected chi connectivity index (χ4v) is 10.4. The van der Waals surface area contributed by atoms with E-state index < -0.39 is 29.0 Å². The highest BCUT2D eigenvalue weighted by Gasteiger charge is 2.43. The molecule has 0 radical (unpaired) electrons. The Morgan fingerprint density at radius 2 is 1.00 bits per heavy atom. The van der Waals surface area contributed by atoms with Crippen LogP contribution >= 0.6 is 0 Å². The van der Waals surface area contributed by atoms with E-state index in [1.54, 1.807) is 16.7 Å². The number of hydrogen-bond acceptors (Lipinski definition) is 3. The summed E-state index contributed by atoms with van der Waals surface area (Å²) in [5.41, 5.74) is 9.31. The Morgan fingerprint density at radius 3 is 1.60 bits per heavy atom. The van der Waals surface area contributed by atoms with Gasteiger partial charge < -0.3 is 14.4 Å². The van der Waals surface area contributed by atoms with Crippen molar-refractivity contribution in [3.63, 3.8) is 0 Å². The van der Waals surface area contributed by atoms with Gasteiger partial charge in [-0.2, -0.15) is 31.6 Å². The summed E-state index contributed by atoms with van der Waals surface area (Å²) in [6, 6.07) is 62.9. The minimum absolute atomic E-state index is 0.0891. The maximum atomic E-state index is 14.8. The number of rotatable bonds is 5. The van der Waals surface area contributed by atoms with Gasteiger partial charge in [0.05, 0.1) is 39.5 Å². The normalized spacial score (nSPS) is 13.0. The third kappa shape index (κ3) is 6.39. The number of fused-ring (bicyclic) bond motifs is 7. The molecule has 2 aliphatic rings. The van der Waals surface area contributed by atoms with E-state index in [1.165, 1.54) is 23.1 Å². The van der Waals surface area contributed by atoms with E-state index in [4.69, 9.17) is 0 Å². The van der Waals surface area contributed by atoms with Crippen molar-refractivity contribution in [1.82, 2.24) is 4.57 Å². The van der Waals surface area contributed by atoms with E-state index in [0.29, 0.717) is 17.1 Å². The number of nitrogens with zero attached hydrogens (tertiary/aromatic N) is 4. The van der Waals surface area contributed by atoms with Crippen molar-refractivity contribution in [2.45, 2.75) is 12.4 Å². The number of hydrogen-bond donors (Lipinski definition) is 0. The maximum Gasteiger partial charge on any atom is 0.417 e. The number of halogens is 6. The maximum absolute atomic E-state index is 14.8. The Balaban J connectivity index is 1.12. The zero-order valence-corrected chi connectivity index (χ0v) is 35.7. The Labute approximate surface area is 386 Å².